The van der Waals surface area contributed by atoms with Crippen molar-refractivity contribution in [2.45, 2.75) is 90.9 Å². The van der Waals surface area contributed by atoms with Gasteiger partial charge in [-0.2, -0.15) is 19.3 Å². The van der Waals surface area contributed by atoms with Gasteiger partial charge < -0.3 is 9.44 Å². The van der Waals surface area contributed by atoms with E-state index in [1.54, 1.807) is 22.7 Å². The summed E-state index contributed by atoms with van der Waals surface area (Å²) in [5.74, 6) is 0. The molecule has 0 amide bonds. The fourth-order valence-corrected chi connectivity index (χ4v) is 10.4. The quantitative estimate of drug-likeness (QED) is 0.0749. The number of aromatic nitrogens is 2. The van der Waals surface area contributed by atoms with Crippen LogP contribution in [0.25, 0.3) is 52.8 Å². The van der Waals surface area contributed by atoms with Crippen molar-refractivity contribution in [3.63, 3.8) is 0 Å². The summed E-state index contributed by atoms with van der Waals surface area (Å²) in [5.41, 5.74) is 12.1. The Morgan fingerprint density at radius 1 is 0.558 bits per heavy atom. The van der Waals surface area contributed by atoms with Crippen LogP contribution in [0.15, 0.2) is 60.7 Å². The molecule has 0 fully saturated rings. The summed E-state index contributed by atoms with van der Waals surface area (Å²) in [5, 5.41) is 19.6. The molecule has 264 valence electrons. The van der Waals surface area contributed by atoms with E-state index < -0.39 is 0 Å². The standard InChI is InChI=1S/C42H42N6S4/c1-3-5-7-9-11-13-27-23-29(15-17-31(27)25-43)33-19-21-35(49-33)37-39-41(47-51-45-39)38(42-40(37)46-52-48-42)36-22-20-34(50-36)30-16-18-32(26-44)28(24-30)14-12-10-8-6-4-2/h15-24,45,47H,3-14H2,1-2H3. The summed E-state index contributed by atoms with van der Waals surface area (Å²) < 4.78 is 16.8. The molecule has 1 aliphatic rings. The van der Waals surface area contributed by atoms with E-state index in [0.29, 0.717) is 0 Å². The van der Waals surface area contributed by atoms with Crippen LogP contribution in [0.3, 0.4) is 0 Å². The molecular weight excluding hydrogens is 717 g/mol. The smallest absolute Gasteiger partial charge is 0.116 e. The molecule has 0 saturated heterocycles. The van der Waals surface area contributed by atoms with Crippen LogP contribution in [0.1, 0.15) is 100 Å². The lowest BCUT2D eigenvalue weighted by molar-refractivity contribution is 0.632. The third-order valence-corrected chi connectivity index (χ3v) is 13.3. The second-order valence-electron chi connectivity index (χ2n) is 13.4. The van der Waals surface area contributed by atoms with Crippen molar-refractivity contribution in [2.75, 3.05) is 9.44 Å². The second-order valence-corrected chi connectivity index (χ2v) is 16.7. The molecule has 52 heavy (non-hydrogen) atoms. The molecule has 0 radical (unpaired) electrons. The first kappa shape index (κ1) is 36.2. The minimum Gasteiger partial charge on any atom is -0.309 e. The number of thiophene rings is 2. The highest BCUT2D eigenvalue weighted by molar-refractivity contribution is 8.02. The van der Waals surface area contributed by atoms with E-state index in [0.717, 1.165) is 102 Å². The van der Waals surface area contributed by atoms with Crippen LogP contribution < -0.4 is 9.44 Å². The van der Waals surface area contributed by atoms with Gasteiger partial charge in [-0.25, -0.2) is 0 Å². The number of hydrogen-bond acceptors (Lipinski definition) is 10. The average Bonchev–Trinajstić information content (AvgIpc) is 4.01. The molecule has 3 aromatic heterocycles. The summed E-state index contributed by atoms with van der Waals surface area (Å²) in [7, 11) is 0. The maximum absolute atomic E-state index is 9.80. The fourth-order valence-electron chi connectivity index (χ4n) is 7.03. The van der Waals surface area contributed by atoms with Gasteiger partial charge in [-0.3, -0.25) is 0 Å². The number of hydrogen-bond donors (Lipinski definition) is 2. The van der Waals surface area contributed by atoms with Crippen LogP contribution in [0.2, 0.25) is 0 Å². The number of benzene rings is 3. The van der Waals surface area contributed by atoms with Crippen LogP contribution in [0.4, 0.5) is 11.4 Å². The lowest BCUT2D eigenvalue weighted by Gasteiger charge is -2.11. The van der Waals surface area contributed by atoms with Gasteiger partial charge in [0.05, 0.1) is 58.5 Å². The van der Waals surface area contributed by atoms with E-state index >= 15 is 0 Å². The number of aryl methyl sites for hydroxylation is 2. The van der Waals surface area contributed by atoms with Crippen molar-refractivity contribution in [3.05, 3.63) is 82.9 Å². The number of anilines is 2. The van der Waals surface area contributed by atoms with Gasteiger partial charge in [-0.15, -0.1) is 22.7 Å². The third kappa shape index (κ3) is 7.63. The molecule has 6 nitrogen and oxygen atoms in total. The predicted molar refractivity (Wildman–Crippen MR) is 224 cm³/mol. The molecule has 7 rings (SSSR count). The van der Waals surface area contributed by atoms with Gasteiger partial charge >= 0.3 is 0 Å². The highest BCUT2D eigenvalue weighted by Gasteiger charge is 2.29. The minimum atomic E-state index is 0.779. The SMILES string of the molecule is CCCCCCCc1cc(-c2ccc(-c3c4c(c(-c5ccc(-c6ccc(C#N)c(CCCCCCC)c6)s5)c5nsnc35)NSN4)s2)ccc1C#N. The van der Waals surface area contributed by atoms with Gasteiger partial charge in [0, 0.05) is 30.6 Å². The third-order valence-electron chi connectivity index (χ3n) is 9.84. The second kappa shape index (κ2) is 17.1. The predicted octanol–water partition coefficient (Wildman–Crippen LogP) is 13.7. The van der Waals surface area contributed by atoms with Gasteiger partial charge in [0.25, 0.3) is 0 Å². The van der Waals surface area contributed by atoms with E-state index in [9.17, 15) is 10.5 Å². The normalized spacial score (nSPS) is 12.0. The maximum Gasteiger partial charge on any atom is 0.116 e. The summed E-state index contributed by atoms with van der Waals surface area (Å²) in [4.78, 5) is 4.60. The Kier molecular flexibility index (Phi) is 11.9. The molecule has 0 atom stereocenters. The monoisotopic (exact) mass is 758 g/mol. The first-order valence-corrected chi connectivity index (χ1v) is 21.6. The van der Waals surface area contributed by atoms with Crippen molar-refractivity contribution in [1.29, 1.82) is 10.5 Å². The number of nitrogens with one attached hydrogen (secondary N) is 2. The zero-order valence-electron chi connectivity index (χ0n) is 29.7. The number of nitrogens with zero attached hydrogens (tertiary/aromatic N) is 4. The van der Waals surface area contributed by atoms with Gasteiger partial charge in [0.1, 0.15) is 11.0 Å². The first-order valence-electron chi connectivity index (χ1n) is 18.4. The number of fused-ring (bicyclic) bond motifs is 2. The highest BCUT2D eigenvalue weighted by Crippen LogP contribution is 2.54. The molecule has 0 aliphatic carbocycles. The molecule has 0 spiro atoms. The van der Waals surface area contributed by atoms with E-state index in [-0.39, 0.29) is 0 Å². The Morgan fingerprint density at radius 3 is 1.44 bits per heavy atom. The van der Waals surface area contributed by atoms with E-state index in [1.807, 2.05) is 12.1 Å². The zero-order valence-corrected chi connectivity index (χ0v) is 32.9. The molecular formula is C42H42N6S4. The highest BCUT2D eigenvalue weighted by atomic mass is 32.2. The van der Waals surface area contributed by atoms with Crippen molar-refractivity contribution in [1.82, 2.24) is 8.75 Å². The largest absolute Gasteiger partial charge is 0.309 e. The van der Waals surface area contributed by atoms with Crippen LogP contribution in [-0.2, 0) is 12.8 Å². The van der Waals surface area contributed by atoms with E-state index in [4.69, 9.17) is 8.75 Å². The molecule has 10 heteroatoms. The zero-order chi connectivity index (χ0) is 35.9. The Balaban J connectivity index is 1.19. The maximum atomic E-state index is 9.80. The number of unbranched alkanes of at least 4 members (excludes halogenated alkanes) is 8. The van der Waals surface area contributed by atoms with Gasteiger partial charge in [-0.05, 0) is 96.5 Å². The molecule has 3 aromatic carbocycles. The lowest BCUT2D eigenvalue weighted by Crippen LogP contribution is -1.92. The van der Waals surface area contributed by atoms with Crippen LogP contribution in [0.5, 0.6) is 0 Å². The van der Waals surface area contributed by atoms with Crippen molar-refractivity contribution in [2.24, 2.45) is 0 Å². The summed E-state index contributed by atoms with van der Waals surface area (Å²) in [6, 6.07) is 26.2. The summed E-state index contributed by atoms with van der Waals surface area (Å²) in [6.45, 7) is 4.47. The topological polar surface area (TPSA) is 97.4 Å². The van der Waals surface area contributed by atoms with Crippen molar-refractivity contribution < 1.29 is 0 Å². The summed E-state index contributed by atoms with van der Waals surface area (Å²) in [6.07, 6.45) is 14.0. The summed E-state index contributed by atoms with van der Waals surface area (Å²) >= 11 is 6.23. The number of rotatable bonds is 16. The molecule has 2 N–H and O–H groups in total. The minimum absolute atomic E-state index is 0.779. The Hall–Kier alpha value is -4.19. The molecule has 4 heterocycles. The molecule has 0 unspecified atom stereocenters. The van der Waals surface area contributed by atoms with Gasteiger partial charge in [0.15, 0.2) is 0 Å². The van der Waals surface area contributed by atoms with E-state index in [1.165, 1.54) is 85.0 Å². The first-order chi connectivity index (χ1) is 25.6. The Bertz CT molecular complexity index is 2110. The van der Waals surface area contributed by atoms with Crippen LogP contribution in [0, 0.1) is 22.7 Å². The van der Waals surface area contributed by atoms with Gasteiger partial charge in [-0.1, -0.05) is 77.3 Å². The Morgan fingerprint density at radius 2 is 1.00 bits per heavy atom. The lowest BCUT2D eigenvalue weighted by atomic mass is 9.98. The molecule has 0 saturated carbocycles. The fraction of sp³-hybridized carbons (Fsp3) is 0.333. The van der Waals surface area contributed by atoms with Crippen molar-refractivity contribution >= 4 is 68.9 Å². The molecule has 6 aromatic rings. The number of nitriles is 2. The Labute approximate surface area is 323 Å². The van der Waals surface area contributed by atoms with E-state index in [2.05, 4.69) is 84.0 Å². The van der Waals surface area contributed by atoms with Crippen molar-refractivity contribution in [3.8, 4) is 53.9 Å². The van der Waals surface area contributed by atoms with Crippen LogP contribution in [-0.4, -0.2) is 8.75 Å². The molecule has 0 bridgehead atoms. The van der Waals surface area contributed by atoms with Crippen LogP contribution >= 0.6 is 46.5 Å². The average molecular weight is 759 g/mol. The van der Waals surface area contributed by atoms with Gasteiger partial charge in [0.2, 0.25) is 0 Å². The molecule has 1 aliphatic heterocycles.